The van der Waals surface area contributed by atoms with Crippen molar-refractivity contribution in [3.05, 3.63) is 0 Å². The summed E-state index contributed by atoms with van der Waals surface area (Å²) in [6, 6.07) is 1.10. The van der Waals surface area contributed by atoms with Gasteiger partial charge in [-0.15, -0.1) is 0 Å². The van der Waals surface area contributed by atoms with Gasteiger partial charge < -0.3 is 16.0 Å². The third kappa shape index (κ3) is 2.81. The lowest BCUT2D eigenvalue weighted by molar-refractivity contribution is -0.132. The van der Waals surface area contributed by atoms with Crippen LogP contribution in [0.2, 0.25) is 0 Å². The van der Waals surface area contributed by atoms with Crippen molar-refractivity contribution in [3.63, 3.8) is 0 Å². The topological polar surface area (TPSA) is 78.7 Å². The number of likely N-dealkylation sites (tertiary alicyclic amines) is 1. The van der Waals surface area contributed by atoms with Crippen molar-refractivity contribution in [2.75, 3.05) is 33.2 Å². The van der Waals surface area contributed by atoms with Crippen LogP contribution in [-0.4, -0.2) is 66.9 Å². The van der Waals surface area contributed by atoms with Gasteiger partial charge in [0, 0.05) is 25.2 Å². The van der Waals surface area contributed by atoms with Crippen molar-refractivity contribution in [1.82, 2.24) is 15.1 Å². The maximum atomic E-state index is 12.0. The molecule has 2 bridgehead atoms. The highest BCUT2D eigenvalue weighted by Crippen LogP contribution is 2.28. The van der Waals surface area contributed by atoms with Gasteiger partial charge in [0.05, 0.1) is 13.1 Å². The fourth-order valence-electron chi connectivity index (χ4n) is 2.89. The van der Waals surface area contributed by atoms with Crippen LogP contribution in [0.1, 0.15) is 19.3 Å². The molecule has 2 aliphatic rings. The van der Waals surface area contributed by atoms with Crippen molar-refractivity contribution >= 4 is 11.8 Å². The second-order valence-corrected chi connectivity index (χ2v) is 5.16. The molecule has 2 heterocycles. The number of hydrogen-bond donors (Lipinski definition) is 2. The lowest BCUT2D eigenvalue weighted by atomic mass is 10.1. The molecule has 3 N–H and O–H groups in total. The molecular formula is C12H22N4O2. The lowest BCUT2D eigenvalue weighted by Gasteiger charge is -2.25. The first kappa shape index (κ1) is 13.3. The Morgan fingerprint density at radius 3 is 2.72 bits per heavy atom. The molecule has 0 radical (unpaired) electrons. The highest BCUT2D eigenvalue weighted by molar-refractivity contribution is 5.85. The lowest BCUT2D eigenvalue weighted by Crippen LogP contribution is -2.45. The second-order valence-electron chi connectivity index (χ2n) is 5.16. The van der Waals surface area contributed by atoms with Crippen LogP contribution in [0.15, 0.2) is 0 Å². The number of nitrogens with two attached hydrogens (primary N) is 1. The zero-order valence-electron chi connectivity index (χ0n) is 10.9. The Kier molecular flexibility index (Phi) is 4.19. The van der Waals surface area contributed by atoms with Crippen molar-refractivity contribution in [3.8, 4) is 0 Å². The first-order chi connectivity index (χ1) is 8.61. The highest BCUT2D eigenvalue weighted by atomic mass is 16.2. The van der Waals surface area contributed by atoms with E-state index >= 15 is 0 Å². The fourth-order valence-corrected chi connectivity index (χ4v) is 2.89. The van der Waals surface area contributed by atoms with Gasteiger partial charge in [-0.1, -0.05) is 0 Å². The molecule has 102 valence electrons. The van der Waals surface area contributed by atoms with Crippen molar-refractivity contribution in [2.45, 2.75) is 31.3 Å². The van der Waals surface area contributed by atoms with Gasteiger partial charge in [-0.25, -0.2) is 0 Å². The molecule has 18 heavy (non-hydrogen) atoms. The van der Waals surface area contributed by atoms with Gasteiger partial charge in [-0.3, -0.25) is 14.5 Å². The Hall–Kier alpha value is -1.14. The van der Waals surface area contributed by atoms with E-state index in [0.717, 1.165) is 19.5 Å². The largest absolute Gasteiger partial charge is 0.346 e. The summed E-state index contributed by atoms with van der Waals surface area (Å²) in [6.07, 6.45) is 3.44. The maximum Gasteiger partial charge on any atom is 0.242 e. The molecule has 0 aromatic rings. The quantitative estimate of drug-likeness (QED) is 0.660. The molecule has 0 spiro atoms. The predicted octanol–water partition coefficient (Wildman–Crippen LogP) is -1.24. The summed E-state index contributed by atoms with van der Waals surface area (Å²) in [5.41, 5.74) is 5.19. The van der Waals surface area contributed by atoms with Gasteiger partial charge in [0.25, 0.3) is 0 Å². The molecule has 2 saturated heterocycles. The highest BCUT2D eigenvalue weighted by Gasteiger charge is 2.35. The van der Waals surface area contributed by atoms with E-state index in [1.807, 2.05) is 4.90 Å². The zero-order valence-corrected chi connectivity index (χ0v) is 10.9. The molecule has 0 aliphatic carbocycles. The Bertz CT molecular complexity index is 334. The third-order valence-electron chi connectivity index (χ3n) is 4.12. The molecule has 0 aromatic heterocycles. The van der Waals surface area contributed by atoms with Crippen LogP contribution in [0.5, 0.6) is 0 Å². The first-order valence-electron chi connectivity index (χ1n) is 6.58. The van der Waals surface area contributed by atoms with E-state index < -0.39 is 0 Å². The number of hydrogen-bond acceptors (Lipinski definition) is 4. The number of carbonyl (C=O) groups excluding carboxylic acids is 2. The average molecular weight is 254 g/mol. The Labute approximate surface area is 107 Å². The molecule has 0 saturated carbocycles. The van der Waals surface area contributed by atoms with Gasteiger partial charge in [-0.2, -0.15) is 0 Å². The van der Waals surface area contributed by atoms with Gasteiger partial charge in [0.1, 0.15) is 0 Å². The number of nitrogens with one attached hydrogen (secondary N) is 1. The fraction of sp³-hybridized carbons (Fsp3) is 0.833. The molecule has 2 fully saturated rings. The van der Waals surface area contributed by atoms with Gasteiger partial charge in [0.15, 0.2) is 0 Å². The van der Waals surface area contributed by atoms with E-state index in [9.17, 15) is 9.59 Å². The molecule has 2 amide bonds. The Morgan fingerprint density at radius 1 is 1.28 bits per heavy atom. The summed E-state index contributed by atoms with van der Waals surface area (Å²) in [4.78, 5) is 27.3. The van der Waals surface area contributed by atoms with Gasteiger partial charge >= 0.3 is 0 Å². The average Bonchev–Trinajstić information content (AvgIpc) is 2.60. The molecule has 2 atom stereocenters. The van der Waals surface area contributed by atoms with E-state index in [1.54, 1.807) is 0 Å². The van der Waals surface area contributed by atoms with Crippen molar-refractivity contribution in [1.29, 1.82) is 0 Å². The number of fused-ring (bicyclic) bond motifs is 2. The number of carbonyl (C=O) groups is 2. The normalized spacial score (nSPS) is 28.0. The monoisotopic (exact) mass is 254 g/mol. The Balaban J connectivity index is 1.86. The molecule has 6 nitrogen and oxygen atoms in total. The van der Waals surface area contributed by atoms with Crippen LogP contribution in [0.3, 0.4) is 0 Å². The van der Waals surface area contributed by atoms with Crippen LogP contribution in [-0.2, 0) is 9.59 Å². The predicted molar refractivity (Wildman–Crippen MR) is 67.8 cm³/mol. The summed E-state index contributed by atoms with van der Waals surface area (Å²) in [6.45, 7) is 1.57. The summed E-state index contributed by atoms with van der Waals surface area (Å²) >= 11 is 0. The summed E-state index contributed by atoms with van der Waals surface area (Å²) in [5.74, 6) is -0.283. The molecule has 0 aromatic carbocycles. The number of rotatable bonds is 3. The van der Waals surface area contributed by atoms with Crippen LogP contribution in [0, 0.1) is 0 Å². The number of likely N-dealkylation sites (N-methyl/N-ethyl adjacent to an activating group) is 1. The molecule has 2 aliphatic heterocycles. The van der Waals surface area contributed by atoms with Crippen LogP contribution in [0.25, 0.3) is 0 Å². The minimum absolute atomic E-state index is 0.00208. The van der Waals surface area contributed by atoms with E-state index in [0.29, 0.717) is 12.1 Å². The zero-order chi connectivity index (χ0) is 13.1. The van der Waals surface area contributed by atoms with Crippen LogP contribution < -0.4 is 11.1 Å². The smallest absolute Gasteiger partial charge is 0.242 e. The maximum absolute atomic E-state index is 12.0. The summed E-state index contributed by atoms with van der Waals surface area (Å²) in [7, 11) is 2.15. The molecule has 2 unspecified atom stereocenters. The molecular weight excluding hydrogens is 232 g/mol. The summed E-state index contributed by atoms with van der Waals surface area (Å²) in [5, 5.41) is 2.54. The van der Waals surface area contributed by atoms with E-state index in [4.69, 9.17) is 5.73 Å². The molecule has 6 heteroatoms. The minimum Gasteiger partial charge on any atom is -0.346 e. The first-order valence-corrected chi connectivity index (χ1v) is 6.58. The van der Waals surface area contributed by atoms with Crippen molar-refractivity contribution in [2.24, 2.45) is 5.73 Å². The SMILES string of the molecule is CN1C2CCC1CN(C(=O)CNC(=O)CN)CC2. The number of nitrogens with zero attached hydrogens (tertiary/aromatic N) is 2. The van der Waals surface area contributed by atoms with Crippen LogP contribution in [0.4, 0.5) is 0 Å². The number of amides is 2. The summed E-state index contributed by atoms with van der Waals surface area (Å²) < 4.78 is 0. The standard InChI is InChI=1S/C12H22N4O2/c1-15-9-2-3-10(15)8-16(5-4-9)12(18)7-14-11(17)6-13/h9-10H,2-8,13H2,1H3,(H,14,17). The minimum atomic E-state index is -0.281. The molecule has 2 rings (SSSR count). The van der Waals surface area contributed by atoms with E-state index in [-0.39, 0.29) is 24.9 Å². The third-order valence-corrected chi connectivity index (χ3v) is 4.12. The van der Waals surface area contributed by atoms with E-state index in [1.165, 1.54) is 12.8 Å². The van der Waals surface area contributed by atoms with Gasteiger partial charge in [-0.05, 0) is 26.3 Å². The van der Waals surface area contributed by atoms with Crippen LogP contribution >= 0.6 is 0 Å². The van der Waals surface area contributed by atoms with Crippen molar-refractivity contribution < 1.29 is 9.59 Å². The van der Waals surface area contributed by atoms with Gasteiger partial charge in [0.2, 0.25) is 11.8 Å². The Morgan fingerprint density at radius 2 is 2.00 bits per heavy atom. The second kappa shape index (κ2) is 5.67. The van der Waals surface area contributed by atoms with E-state index in [2.05, 4.69) is 17.3 Å².